The van der Waals surface area contributed by atoms with Gasteiger partial charge in [-0.2, -0.15) is 0 Å². The first kappa shape index (κ1) is 18.3. The summed E-state index contributed by atoms with van der Waals surface area (Å²) in [5, 5.41) is 9.45. The predicted molar refractivity (Wildman–Crippen MR) is 103 cm³/mol. The highest BCUT2D eigenvalue weighted by atomic mass is 16.5. The molecule has 6 nitrogen and oxygen atoms in total. The van der Waals surface area contributed by atoms with Crippen molar-refractivity contribution in [3.63, 3.8) is 0 Å². The molecule has 2 heterocycles. The molecule has 1 atom stereocenters. The molecule has 2 bridgehead atoms. The molecule has 3 rings (SSSR count). The summed E-state index contributed by atoms with van der Waals surface area (Å²) in [6, 6.07) is 6.93. The fraction of sp³-hybridized carbons (Fsp3) is 0.143. The number of hydrogen-bond donors (Lipinski definition) is 1. The number of benzene rings is 1. The number of fused-ring (bicyclic) bond motifs is 3. The zero-order valence-electron chi connectivity index (χ0n) is 14.6. The van der Waals surface area contributed by atoms with E-state index in [1.165, 1.54) is 18.9 Å². The van der Waals surface area contributed by atoms with Gasteiger partial charge in [0.05, 0.1) is 12.8 Å². The summed E-state index contributed by atoms with van der Waals surface area (Å²) in [7, 11) is 0. The minimum Gasteiger partial charge on any atom is -0.479 e. The Kier molecular flexibility index (Phi) is 6.25. The first-order valence-corrected chi connectivity index (χ1v) is 8.51. The first-order chi connectivity index (χ1) is 13.2. The maximum absolute atomic E-state index is 11.5. The number of aliphatic imine (C=N–C) groups is 1. The number of hydrogen-bond acceptors (Lipinski definition) is 5. The van der Waals surface area contributed by atoms with Crippen molar-refractivity contribution in [1.82, 2.24) is 4.90 Å². The summed E-state index contributed by atoms with van der Waals surface area (Å²) in [6.07, 6.45) is 17.6. The molecular weight excluding hydrogens is 344 g/mol. The summed E-state index contributed by atoms with van der Waals surface area (Å²) < 4.78 is 11.1. The van der Waals surface area contributed by atoms with Crippen LogP contribution < -0.4 is 4.74 Å². The fourth-order valence-electron chi connectivity index (χ4n) is 2.66. The second-order valence-electron chi connectivity index (χ2n) is 5.83. The van der Waals surface area contributed by atoms with Gasteiger partial charge >= 0.3 is 5.97 Å². The molecule has 2 aliphatic heterocycles. The highest BCUT2D eigenvalue weighted by Gasteiger charge is 2.29. The fourth-order valence-corrected chi connectivity index (χ4v) is 2.66. The molecule has 0 radical (unpaired) electrons. The van der Waals surface area contributed by atoms with Gasteiger partial charge in [0.25, 0.3) is 0 Å². The monoisotopic (exact) mass is 364 g/mol. The van der Waals surface area contributed by atoms with E-state index in [4.69, 9.17) is 9.47 Å². The number of aliphatic carboxylic acids is 1. The molecule has 0 fully saturated rings. The Bertz CT molecular complexity index is 849. The molecule has 138 valence electrons. The Morgan fingerprint density at radius 2 is 2.04 bits per heavy atom. The number of ether oxygens (including phenoxy) is 2. The number of nitrogens with zero attached hydrogens (tertiary/aromatic N) is 2. The van der Waals surface area contributed by atoms with Crippen LogP contribution in [-0.4, -0.2) is 35.0 Å². The highest BCUT2D eigenvalue weighted by Crippen LogP contribution is 2.25. The number of rotatable bonds is 1. The minimum atomic E-state index is -0.949. The Morgan fingerprint density at radius 3 is 2.93 bits per heavy atom. The molecule has 0 amide bonds. The smallest absolute Gasteiger partial charge is 0.330 e. The largest absolute Gasteiger partial charge is 0.479 e. The maximum atomic E-state index is 11.5. The zero-order chi connectivity index (χ0) is 18.9. The molecule has 1 aromatic carbocycles. The molecule has 0 saturated heterocycles. The van der Waals surface area contributed by atoms with Crippen LogP contribution in [0.25, 0.3) is 0 Å². The molecule has 1 aromatic rings. The zero-order valence-corrected chi connectivity index (χ0v) is 14.6. The van der Waals surface area contributed by atoms with Crippen molar-refractivity contribution in [3.8, 4) is 5.75 Å². The number of carbonyl (C=O) groups is 1. The number of allylic oxidation sites excluding steroid dienone is 5. The summed E-state index contributed by atoms with van der Waals surface area (Å²) >= 11 is 0. The van der Waals surface area contributed by atoms with E-state index in [0.29, 0.717) is 18.7 Å². The minimum absolute atomic E-state index is 0.344. The van der Waals surface area contributed by atoms with Crippen molar-refractivity contribution in [3.05, 3.63) is 90.7 Å². The predicted octanol–water partition coefficient (Wildman–Crippen LogP) is 3.42. The van der Waals surface area contributed by atoms with Gasteiger partial charge in [0.15, 0.2) is 6.40 Å². The number of para-hydroxylation sites is 1. The molecule has 0 spiro atoms. The lowest BCUT2D eigenvalue weighted by atomic mass is 10.1. The summed E-state index contributed by atoms with van der Waals surface area (Å²) in [5.41, 5.74) is 1.02. The van der Waals surface area contributed by atoms with Crippen molar-refractivity contribution in [1.29, 1.82) is 0 Å². The van der Waals surface area contributed by atoms with Crippen LogP contribution in [0.1, 0.15) is 5.56 Å². The third kappa shape index (κ3) is 5.22. The van der Waals surface area contributed by atoms with Crippen LogP contribution >= 0.6 is 0 Å². The van der Waals surface area contributed by atoms with Gasteiger partial charge in [-0.05, 0) is 30.2 Å². The van der Waals surface area contributed by atoms with Crippen molar-refractivity contribution >= 4 is 12.4 Å². The highest BCUT2D eigenvalue weighted by molar-refractivity contribution is 5.77. The third-order valence-electron chi connectivity index (χ3n) is 3.94. The van der Waals surface area contributed by atoms with Gasteiger partial charge in [-0.1, -0.05) is 42.5 Å². The van der Waals surface area contributed by atoms with E-state index in [-0.39, 0.29) is 0 Å². The molecule has 0 aliphatic carbocycles. The molecule has 1 unspecified atom stereocenters. The summed E-state index contributed by atoms with van der Waals surface area (Å²) in [6.45, 7) is 0.344. The molecule has 2 aliphatic rings. The van der Waals surface area contributed by atoms with E-state index in [1.807, 2.05) is 48.6 Å². The van der Waals surface area contributed by atoms with E-state index >= 15 is 0 Å². The van der Waals surface area contributed by atoms with E-state index in [9.17, 15) is 9.90 Å². The summed E-state index contributed by atoms with van der Waals surface area (Å²) in [4.78, 5) is 17.1. The second-order valence-corrected chi connectivity index (χ2v) is 5.83. The lowest BCUT2D eigenvalue weighted by Gasteiger charge is -2.18. The average Bonchev–Trinajstić information content (AvgIpc) is 3.06. The number of carboxylic acid groups (broad SMARTS) is 1. The van der Waals surface area contributed by atoms with Crippen molar-refractivity contribution in [2.24, 2.45) is 4.99 Å². The Labute approximate surface area is 157 Å². The topological polar surface area (TPSA) is 71.4 Å². The van der Waals surface area contributed by atoms with Crippen LogP contribution in [0.5, 0.6) is 5.75 Å². The molecule has 27 heavy (non-hydrogen) atoms. The van der Waals surface area contributed by atoms with E-state index < -0.39 is 12.0 Å². The SMILES string of the molecule is O=C(O)C1C=C2CN1C=CN=COC=CC=CC=CCc1ccccc1O2. The Morgan fingerprint density at radius 1 is 1.19 bits per heavy atom. The second kappa shape index (κ2) is 9.24. The first-order valence-electron chi connectivity index (χ1n) is 8.51. The lowest BCUT2D eigenvalue weighted by molar-refractivity contribution is -0.140. The van der Waals surface area contributed by atoms with Crippen LogP contribution in [0, 0.1) is 0 Å². The summed E-state index contributed by atoms with van der Waals surface area (Å²) in [5.74, 6) is 0.363. The van der Waals surface area contributed by atoms with Gasteiger partial charge < -0.3 is 19.5 Å². The average molecular weight is 364 g/mol. The van der Waals surface area contributed by atoms with Gasteiger partial charge in [-0.3, -0.25) is 0 Å². The third-order valence-corrected chi connectivity index (χ3v) is 3.94. The van der Waals surface area contributed by atoms with Crippen molar-refractivity contribution in [2.45, 2.75) is 12.5 Å². The maximum Gasteiger partial charge on any atom is 0.330 e. The van der Waals surface area contributed by atoms with Gasteiger partial charge in [-0.15, -0.1) is 0 Å². The molecule has 0 saturated carbocycles. The van der Waals surface area contributed by atoms with Crippen LogP contribution in [0.2, 0.25) is 0 Å². The Balaban J connectivity index is 1.87. The standard InChI is InChI=1S/C21H20N2O4/c24-21(25)19-14-18-15-23(19)12-11-22-16-26-13-7-3-1-2-4-8-17-9-5-6-10-20(17)27-18/h1-7,9-14,16,19H,8,15H2,(H,24,25). The van der Waals surface area contributed by atoms with Crippen LogP contribution in [0.4, 0.5) is 0 Å². The molecule has 0 aromatic heterocycles. The number of carboxylic acids is 1. The van der Waals surface area contributed by atoms with Crippen LogP contribution in [0.15, 0.2) is 90.1 Å². The van der Waals surface area contributed by atoms with Gasteiger partial charge in [0, 0.05) is 12.4 Å². The van der Waals surface area contributed by atoms with Crippen molar-refractivity contribution < 1.29 is 19.4 Å². The van der Waals surface area contributed by atoms with Crippen molar-refractivity contribution in [2.75, 3.05) is 6.54 Å². The van der Waals surface area contributed by atoms with E-state index in [0.717, 1.165) is 11.3 Å². The Hall–Kier alpha value is -3.54. The van der Waals surface area contributed by atoms with Crippen LogP contribution in [-0.2, 0) is 16.0 Å². The molecule has 1 N–H and O–H groups in total. The molecule has 6 heteroatoms. The van der Waals surface area contributed by atoms with Gasteiger partial charge in [0.1, 0.15) is 17.6 Å². The normalized spacial score (nSPS) is 19.5. The quantitative estimate of drug-likeness (QED) is 0.827. The van der Waals surface area contributed by atoms with E-state index in [2.05, 4.69) is 4.99 Å². The van der Waals surface area contributed by atoms with Crippen LogP contribution in [0.3, 0.4) is 0 Å². The van der Waals surface area contributed by atoms with Gasteiger partial charge in [0.2, 0.25) is 0 Å². The van der Waals surface area contributed by atoms with Gasteiger partial charge in [-0.25, -0.2) is 9.79 Å². The lowest BCUT2D eigenvalue weighted by Crippen LogP contribution is -2.32. The molecular formula is C21H20N2O4. The van der Waals surface area contributed by atoms with E-state index in [1.54, 1.807) is 23.3 Å².